The van der Waals surface area contributed by atoms with Crippen LogP contribution in [0.25, 0.3) is 0 Å². The Labute approximate surface area is 189 Å². The molecule has 34 heavy (non-hydrogen) atoms. The number of benzene rings is 1. The molecule has 0 spiro atoms. The number of rotatable bonds is 6. The fraction of sp³-hybridized carbons (Fsp3) is 0.444. The molecule has 1 saturated heterocycles. The molecule has 0 aliphatic carbocycles. The van der Waals surface area contributed by atoms with Gasteiger partial charge in [0.25, 0.3) is 0 Å². The molecule has 1 amide bonds. The maximum absolute atomic E-state index is 11.9. The summed E-state index contributed by atoms with van der Waals surface area (Å²) in [6.07, 6.45) is -4.95. The standard InChI is InChI=1S/C16H19BN2O8.C2HF3O2/c18-10(15(21)22)5-12(20)19-6-9(7-19)26-11-2-1-8-3-4-17(25)27-14(8)13(11)16(23)24;3-2(4,5)1(6)7/h1-2,9-10,25H,3-7,18H2,(H,21,22)(H,23,24);(H,6,7)/t10-;/m1./s1. The zero-order valence-corrected chi connectivity index (χ0v) is 17.3. The number of carboxylic acid groups (broad SMARTS) is 3. The van der Waals surface area contributed by atoms with E-state index in [0.29, 0.717) is 18.3 Å². The van der Waals surface area contributed by atoms with Crippen LogP contribution in [0.5, 0.6) is 11.5 Å². The summed E-state index contributed by atoms with van der Waals surface area (Å²) in [6.45, 7) is 0.398. The number of amides is 1. The van der Waals surface area contributed by atoms with Gasteiger partial charge in [-0.25, -0.2) is 9.59 Å². The second kappa shape index (κ2) is 10.6. The van der Waals surface area contributed by atoms with E-state index in [1.807, 2.05) is 0 Å². The molecule has 1 fully saturated rings. The Kier molecular flexibility index (Phi) is 8.33. The molecule has 3 rings (SSSR count). The summed E-state index contributed by atoms with van der Waals surface area (Å²) in [6, 6.07) is 1.96. The van der Waals surface area contributed by atoms with Gasteiger partial charge in [-0.1, -0.05) is 6.07 Å². The SMILES string of the molecule is N[C@H](CC(=O)N1CC(Oc2ccc3c(c2C(=O)O)OB(O)CC3)C1)C(=O)O.O=C(O)C(F)(F)F. The number of halogens is 3. The van der Waals surface area contributed by atoms with Crippen LogP contribution in [0.4, 0.5) is 13.2 Å². The van der Waals surface area contributed by atoms with Gasteiger partial charge in [-0.2, -0.15) is 13.2 Å². The predicted molar refractivity (Wildman–Crippen MR) is 105 cm³/mol. The van der Waals surface area contributed by atoms with E-state index in [1.54, 1.807) is 6.07 Å². The van der Waals surface area contributed by atoms with Crippen LogP contribution in [0.15, 0.2) is 12.1 Å². The van der Waals surface area contributed by atoms with Crippen molar-refractivity contribution in [2.75, 3.05) is 13.1 Å². The maximum atomic E-state index is 11.9. The smallest absolute Gasteiger partial charge is 0.522 e. The summed E-state index contributed by atoms with van der Waals surface area (Å²) in [5.41, 5.74) is 5.86. The van der Waals surface area contributed by atoms with Gasteiger partial charge in [0.05, 0.1) is 19.5 Å². The predicted octanol–water partition coefficient (Wildman–Crippen LogP) is -0.175. The van der Waals surface area contributed by atoms with Crippen molar-refractivity contribution < 1.29 is 62.1 Å². The van der Waals surface area contributed by atoms with E-state index >= 15 is 0 Å². The van der Waals surface area contributed by atoms with E-state index in [1.165, 1.54) is 11.0 Å². The molecule has 6 N–H and O–H groups in total. The minimum absolute atomic E-state index is 0.0923. The molecule has 16 heteroatoms. The van der Waals surface area contributed by atoms with E-state index in [2.05, 4.69) is 0 Å². The fourth-order valence-electron chi connectivity index (χ4n) is 3.01. The van der Waals surface area contributed by atoms with Crippen LogP contribution >= 0.6 is 0 Å². The quantitative estimate of drug-likeness (QED) is 0.331. The summed E-state index contributed by atoms with van der Waals surface area (Å²) in [5, 5.41) is 35.0. The van der Waals surface area contributed by atoms with Gasteiger partial charge in [0.2, 0.25) is 5.91 Å². The van der Waals surface area contributed by atoms with Gasteiger partial charge < -0.3 is 40.4 Å². The third-order valence-corrected chi connectivity index (χ3v) is 4.78. The fourth-order valence-corrected chi connectivity index (χ4v) is 3.01. The van der Waals surface area contributed by atoms with Gasteiger partial charge in [-0.15, -0.1) is 0 Å². The average molecular weight is 492 g/mol. The third kappa shape index (κ3) is 6.74. The molecule has 2 aliphatic rings. The Hall–Kier alpha value is -3.53. The van der Waals surface area contributed by atoms with E-state index in [9.17, 15) is 37.7 Å². The second-order valence-electron chi connectivity index (χ2n) is 7.33. The first kappa shape index (κ1) is 26.7. The number of nitrogens with two attached hydrogens (primary N) is 1. The van der Waals surface area contributed by atoms with Crippen molar-refractivity contribution in [3.05, 3.63) is 23.3 Å². The van der Waals surface area contributed by atoms with Crippen molar-refractivity contribution in [1.82, 2.24) is 4.90 Å². The monoisotopic (exact) mass is 492 g/mol. The molecule has 0 bridgehead atoms. The number of fused-ring (bicyclic) bond motifs is 1. The third-order valence-electron chi connectivity index (χ3n) is 4.78. The highest BCUT2D eigenvalue weighted by atomic mass is 19.4. The lowest BCUT2D eigenvalue weighted by atomic mass is 9.78. The van der Waals surface area contributed by atoms with Gasteiger partial charge in [0, 0.05) is 0 Å². The Bertz CT molecular complexity index is 968. The number of alkyl halides is 3. The molecule has 1 atom stereocenters. The number of likely N-dealkylation sites (tertiary alicyclic amines) is 1. The zero-order chi connectivity index (χ0) is 25.8. The van der Waals surface area contributed by atoms with Gasteiger partial charge >= 0.3 is 31.2 Å². The van der Waals surface area contributed by atoms with Crippen LogP contribution in [0, 0.1) is 0 Å². The highest BCUT2D eigenvalue weighted by Crippen LogP contribution is 2.37. The number of carbonyl (C=O) groups excluding carboxylic acids is 1. The first-order valence-corrected chi connectivity index (χ1v) is 9.67. The largest absolute Gasteiger partial charge is 0.535 e. The number of aliphatic carboxylic acids is 2. The molecule has 0 aromatic heterocycles. The van der Waals surface area contributed by atoms with Crippen LogP contribution in [-0.4, -0.2) is 87.6 Å². The number of aryl methyl sites for hydroxylation is 1. The molecule has 2 heterocycles. The maximum Gasteiger partial charge on any atom is 0.522 e. The number of aromatic carboxylic acids is 1. The highest BCUT2D eigenvalue weighted by molar-refractivity contribution is 6.44. The van der Waals surface area contributed by atoms with E-state index < -0.39 is 49.3 Å². The molecule has 186 valence electrons. The second-order valence-corrected chi connectivity index (χ2v) is 7.33. The Morgan fingerprint density at radius 3 is 2.29 bits per heavy atom. The molecule has 0 unspecified atom stereocenters. The van der Waals surface area contributed by atoms with Gasteiger partial charge in [-0.3, -0.25) is 9.59 Å². The lowest BCUT2D eigenvalue weighted by Crippen LogP contribution is -2.57. The number of carboxylic acids is 3. The molecular weight excluding hydrogens is 472 g/mol. The molecule has 2 aliphatic heterocycles. The Morgan fingerprint density at radius 2 is 1.79 bits per heavy atom. The summed E-state index contributed by atoms with van der Waals surface area (Å²) < 4.78 is 42.7. The Morgan fingerprint density at radius 1 is 1.21 bits per heavy atom. The topological polar surface area (TPSA) is 197 Å². The molecular formula is C18H20BF3N2O10. The number of ether oxygens (including phenoxy) is 1. The summed E-state index contributed by atoms with van der Waals surface area (Å²) in [7, 11) is -1.07. The van der Waals surface area contributed by atoms with Crippen molar-refractivity contribution in [2.24, 2.45) is 5.73 Å². The Balaban J connectivity index is 0.000000509. The van der Waals surface area contributed by atoms with E-state index in [-0.39, 0.29) is 36.6 Å². The van der Waals surface area contributed by atoms with Gasteiger partial charge in [-0.05, 0) is 24.4 Å². The van der Waals surface area contributed by atoms with Crippen molar-refractivity contribution in [3.63, 3.8) is 0 Å². The van der Waals surface area contributed by atoms with Crippen molar-refractivity contribution >= 4 is 30.9 Å². The van der Waals surface area contributed by atoms with Crippen molar-refractivity contribution in [2.45, 2.75) is 37.5 Å². The lowest BCUT2D eigenvalue weighted by Gasteiger charge is -2.39. The van der Waals surface area contributed by atoms with Crippen LogP contribution in [0.2, 0.25) is 6.32 Å². The molecule has 0 saturated carbocycles. The van der Waals surface area contributed by atoms with Crippen molar-refractivity contribution in [1.29, 1.82) is 0 Å². The first-order valence-electron chi connectivity index (χ1n) is 9.67. The van der Waals surface area contributed by atoms with Crippen LogP contribution in [0.1, 0.15) is 22.3 Å². The number of hydrogen-bond acceptors (Lipinski definition) is 8. The highest BCUT2D eigenvalue weighted by Gasteiger charge is 2.38. The van der Waals surface area contributed by atoms with Gasteiger partial charge in [0.15, 0.2) is 0 Å². The van der Waals surface area contributed by atoms with Crippen LogP contribution in [-0.2, 0) is 20.8 Å². The minimum atomic E-state index is -5.08. The summed E-state index contributed by atoms with van der Waals surface area (Å²) >= 11 is 0. The number of hydrogen-bond donors (Lipinski definition) is 5. The molecule has 12 nitrogen and oxygen atoms in total. The van der Waals surface area contributed by atoms with Gasteiger partial charge in [0.1, 0.15) is 29.2 Å². The summed E-state index contributed by atoms with van der Waals surface area (Å²) in [5.74, 6) is -5.46. The molecule has 0 radical (unpaired) electrons. The molecule has 1 aromatic rings. The van der Waals surface area contributed by atoms with Crippen LogP contribution in [0.3, 0.4) is 0 Å². The lowest BCUT2D eigenvalue weighted by molar-refractivity contribution is -0.192. The van der Waals surface area contributed by atoms with E-state index in [0.717, 1.165) is 0 Å². The first-order chi connectivity index (χ1) is 15.7. The average Bonchev–Trinajstić information content (AvgIpc) is 2.68. The number of nitrogens with zero attached hydrogens (tertiary/aromatic N) is 1. The van der Waals surface area contributed by atoms with Crippen molar-refractivity contribution in [3.8, 4) is 11.5 Å². The van der Waals surface area contributed by atoms with Crippen LogP contribution < -0.4 is 15.1 Å². The number of carbonyl (C=O) groups is 4. The zero-order valence-electron chi connectivity index (χ0n) is 17.3. The summed E-state index contributed by atoms with van der Waals surface area (Å²) in [4.78, 5) is 44.6. The minimum Gasteiger partial charge on any atom is -0.535 e. The normalized spacial score (nSPS) is 16.1. The molecule has 1 aromatic carbocycles. The van der Waals surface area contributed by atoms with E-state index in [4.69, 9.17) is 30.1 Å².